The van der Waals surface area contributed by atoms with Gasteiger partial charge in [0.2, 0.25) is 10.0 Å². The Bertz CT molecular complexity index is 1170. The van der Waals surface area contributed by atoms with Crippen LogP contribution < -0.4 is 4.90 Å². The highest BCUT2D eigenvalue weighted by Crippen LogP contribution is 2.40. The van der Waals surface area contributed by atoms with Crippen molar-refractivity contribution < 1.29 is 22.5 Å². The first-order valence-electron chi connectivity index (χ1n) is 13.3. The van der Waals surface area contributed by atoms with E-state index < -0.39 is 10.0 Å². The maximum absolute atomic E-state index is 13.4. The van der Waals surface area contributed by atoms with Crippen molar-refractivity contribution in [3.05, 3.63) is 35.9 Å². The number of anilines is 1. The lowest BCUT2D eigenvalue weighted by atomic mass is 9.88. The highest BCUT2D eigenvalue weighted by molar-refractivity contribution is 7.89. The third-order valence-electron chi connectivity index (χ3n) is 7.77. The Morgan fingerprint density at radius 2 is 1.95 bits per heavy atom. The van der Waals surface area contributed by atoms with E-state index in [0.717, 1.165) is 63.8 Å². The number of rotatable bonds is 10. The number of piperidine rings is 1. The summed E-state index contributed by atoms with van der Waals surface area (Å²) < 4.78 is 39.1. The lowest BCUT2D eigenvalue weighted by Gasteiger charge is -2.36. The summed E-state index contributed by atoms with van der Waals surface area (Å²) in [5.41, 5.74) is 0.394. The Morgan fingerprint density at radius 3 is 2.62 bits per heavy atom. The van der Waals surface area contributed by atoms with Crippen LogP contribution in [0, 0.1) is 5.92 Å². The van der Waals surface area contributed by atoms with E-state index in [1.165, 1.54) is 6.20 Å². The Hall–Kier alpha value is -2.34. The summed E-state index contributed by atoms with van der Waals surface area (Å²) in [6.07, 6.45) is 5.28. The minimum atomic E-state index is -3.67. The van der Waals surface area contributed by atoms with Gasteiger partial charge in [0.05, 0.1) is 13.2 Å². The van der Waals surface area contributed by atoms with Gasteiger partial charge in [-0.05, 0) is 50.7 Å². The number of morpholine rings is 1. The molecule has 202 valence electrons. The number of likely N-dealkylation sites (N-methyl/N-ethyl adjacent to an activating group) is 1. The molecule has 0 N–H and O–H groups in total. The zero-order valence-electron chi connectivity index (χ0n) is 21.7. The molecule has 2 aromatic rings. The number of nitrogens with zero attached hydrogens (tertiary/aromatic N) is 5. The maximum Gasteiger partial charge on any atom is 0.244 e. The lowest BCUT2D eigenvalue weighted by Crippen LogP contribution is -2.44. The molecule has 11 heteroatoms. The van der Waals surface area contributed by atoms with Gasteiger partial charge in [0.1, 0.15) is 22.2 Å². The summed E-state index contributed by atoms with van der Waals surface area (Å²) in [5.74, 6) is 2.06. The van der Waals surface area contributed by atoms with Crippen LogP contribution in [0.4, 0.5) is 5.82 Å². The van der Waals surface area contributed by atoms with Gasteiger partial charge in [-0.25, -0.2) is 13.4 Å². The third-order valence-corrected chi connectivity index (χ3v) is 9.76. The molecule has 3 fully saturated rings. The van der Waals surface area contributed by atoms with E-state index in [1.807, 2.05) is 18.9 Å². The van der Waals surface area contributed by atoms with Gasteiger partial charge in [-0.3, -0.25) is 9.69 Å². The van der Waals surface area contributed by atoms with Crippen LogP contribution in [-0.4, -0.2) is 92.6 Å². The molecule has 2 atom stereocenters. The van der Waals surface area contributed by atoms with Crippen LogP contribution in [0.2, 0.25) is 0 Å². The zero-order chi connectivity index (χ0) is 26.0. The van der Waals surface area contributed by atoms with E-state index in [2.05, 4.69) is 15.0 Å². The predicted molar refractivity (Wildman–Crippen MR) is 138 cm³/mol. The van der Waals surface area contributed by atoms with Crippen LogP contribution >= 0.6 is 0 Å². The topological polar surface area (TPSA) is 109 Å². The second kappa shape index (κ2) is 11.2. The third kappa shape index (κ3) is 6.22. The molecule has 5 rings (SSSR count). The Morgan fingerprint density at radius 1 is 1.16 bits per heavy atom. The summed E-state index contributed by atoms with van der Waals surface area (Å²) in [4.78, 5) is 21.8. The SMILES string of the molecule is C[C@@H]1C[C@H](CC(=O)c2cc(C3CC3)on2)CCN1S(=O)(=O)c1ccc(N(C)CCN2CCOCC2)nc1. The highest BCUT2D eigenvalue weighted by atomic mass is 32.2. The van der Waals surface area contributed by atoms with Crippen molar-refractivity contribution in [3.63, 3.8) is 0 Å². The first-order valence-corrected chi connectivity index (χ1v) is 14.7. The monoisotopic (exact) mass is 531 g/mol. The normalized spacial score (nSPS) is 23.7. The molecule has 0 bridgehead atoms. The van der Waals surface area contributed by atoms with Gasteiger partial charge >= 0.3 is 0 Å². The van der Waals surface area contributed by atoms with E-state index in [0.29, 0.717) is 37.4 Å². The van der Waals surface area contributed by atoms with Gasteiger partial charge in [0, 0.05) is 70.4 Å². The lowest BCUT2D eigenvalue weighted by molar-refractivity contribution is 0.0392. The smallest absolute Gasteiger partial charge is 0.244 e. The molecule has 2 aromatic heterocycles. The molecule has 1 aliphatic carbocycles. The van der Waals surface area contributed by atoms with Crippen molar-refractivity contribution in [1.82, 2.24) is 19.3 Å². The van der Waals surface area contributed by atoms with Crippen LogP contribution in [0.3, 0.4) is 0 Å². The summed E-state index contributed by atoms with van der Waals surface area (Å²) >= 11 is 0. The molecule has 10 nitrogen and oxygen atoms in total. The fourth-order valence-electron chi connectivity index (χ4n) is 5.26. The van der Waals surface area contributed by atoms with Crippen LogP contribution in [-0.2, 0) is 14.8 Å². The Balaban J connectivity index is 1.14. The van der Waals surface area contributed by atoms with Gasteiger partial charge in [0.15, 0.2) is 5.78 Å². The number of hydrogen-bond donors (Lipinski definition) is 0. The highest BCUT2D eigenvalue weighted by Gasteiger charge is 2.36. The van der Waals surface area contributed by atoms with Gasteiger partial charge < -0.3 is 14.2 Å². The summed E-state index contributed by atoms with van der Waals surface area (Å²) in [6, 6.07) is 5.00. The number of carbonyl (C=O) groups excluding carboxylic acids is 1. The van der Waals surface area contributed by atoms with Crippen LogP contribution in [0.1, 0.15) is 61.2 Å². The molecule has 2 aliphatic heterocycles. The number of aromatic nitrogens is 2. The van der Waals surface area contributed by atoms with Crippen molar-refractivity contribution in [1.29, 1.82) is 0 Å². The number of Topliss-reactive ketones (excluding diaryl/α,β-unsaturated/α-hetero) is 1. The summed E-state index contributed by atoms with van der Waals surface area (Å²) in [7, 11) is -1.70. The molecular weight excluding hydrogens is 494 g/mol. The number of ketones is 1. The molecule has 0 amide bonds. The Labute approximate surface area is 219 Å². The van der Waals surface area contributed by atoms with E-state index in [4.69, 9.17) is 9.26 Å². The Kier molecular flexibility index (Phi) is 7.94. The van der Waals surface area contributed by atoms with Crippen molar-refractivity contribution in [3.8, 4) is 0 Å². The largest absolute Gasteiger partial charge is 0.379 e. The molecule has 0 spiro atoms. The van der Waals surface area contributed by atoms with E-state index in [1.54, 1.807) is 22.5 Å². The van der Waals surface area contributed by atoms with Crippen molar-refractivity contribution in [2.45, 2.75) is 55.9 Å². The quantitative estimate of drug-likeness (QED) is 0.428. The first-order chi connectivity index (χ1) is 17.8. The molecular formula is C26H37N5O5S. The first kappa shape index (κ1) is 26.3. The fourth-order valence-corrected chi connectivity index (χ4v) is 6.86. The second-order valence-corrected chi connectivity index (χ2v) is 12.5. The molecule has 4 heterocycles. The molecule has 0 radical (unpaired) electrons. The van der Waals surface area contributed by atoms with E-state index in [-0.39, 0.29) is 22.6 Å². The molecule has 0 unspecified atom stereocenters. The molecule has 2 saturated heterocycles. The number of sulfonamides is 1. The van der Waals surface area contributed by atoms with Crippen molar-refractivity contribution in [2.24, 2.45) is 5.92 Å². The van der Waals surface area contributed by atoms with Crippen molar-refractivity contribution in [2.75, 3.05) is 57.9 Å². The number of ether oxygens (including phenoxy) is 1. The summed E-state index contributed by atoms with van der Waals surface area (Å²) in [5, 5.41) is 3.96. The average Bonchev–Trinajstić information content (AvgIpc) is 3.63. The maximum atomic E-state index is 13.4. The summed E-state index contributed by atoms with van der Waals surface area (Å²) in [6.45, 7) is 7.41. The van der Waals surface area contributed by atoms with Gasteiger partial charge in [-0.15, -0.1) is 0 Å². The standard InChI is InChI=1S/C26H37N5O5S/c1-19-15-20(16-24(32)23-17-25(36-28-23)21-3-4-21)7-8-31(19)37(33,34)22-5-6-26(27-18-22)29(2)9-10-30-11-13-35-14-12-30/h5-6,17-21H,3-4,7-16H2,1-2H3/t19-,20-/m1/s1. The average molecular weight is 532 g/mol. The van der Waals surface area contributed by atoms with Crippen LogP contribution in [0.25, 0.3) is 0 Å². The van der Waals surface area contributed by atoms with Crippen LogP contribution in [0.5, 0.6) is 0 Å². The predicted octanol–water partition coefficient (Wildman–Crippen LogP) is 2.78. The number of carbonyl (C=O) groups is 1. The van der Waals surface area contributed by atoms with Crippen molar-refractivity contribution >= 4 is 21.6 Å². The van der Waals surface area contributed by atoms with Crippen LogP contribution in [0.15, 0.2) is 33.8 Å². The zero-order valence-corrected chi connectivity index (χ0v) is 22.5. The second-order valence-electron chi connectivity index (χ2n) is 10.6. The molecule has 3 aliphatic rings. The van der Waals surface area contributed by atoms with Gasteiger partial charge in [-0.1, -0.05) is 5.16 Å². The van der Waals surface area contributed by atoms with E-state index >= 15 is 0 Å². The van der Waals surface area contributed by atoms with Gasteiger partial charge in [-0.2, -0.15) is 4.31 Å². The number of pyridine rings is 1. The fraction of sp³-hybridized carbons (Fsp3) is 0.654. The van der Waals surface area contributed by atoms with Gasteiger partial charge in [0.25, 0.3) is 0 Å². The molecule has 1 saturated carbocycles. The van der Waals surface area contributed by atoms with E-state index in [9.17, 15) is 13.2 Å². The molecule has 0 aromatic carbocycles. The molecule has 37 heavy (non-hydrogen) atoms. The minimum Gasteiger partial charge on any atom is -0.379 e. The number of hydrogen-bond acceptors (Lipinski definition) is 9. The minimum absolute atomic E-state index is 0.0262.